The number of carbonyl (C=O) groups is 1. The maximum atomic E-state index is 9.86. The average Bonchev–Trinajstić information content (AvgIpc) is 1.87. The molecule has 0 heterocycles. The number of unbranched alkanes of at least 4 members (excludes halogenated alkanes) is 2. The molecular weight excluding hydrogens is 132 g/mol. The number of hydrogen-bond donors (Lipinski definition) is 0. The maximum absolute atomic E-state index is 9.86. The van der Waals surface area contributed by atoms with Gasteiger partial charge in [-0.2, -0.15) is 0 Å². The minimum absolute atomic E-state index is 0.130. The van der Waals surface area contributed by atoms with E-state index in [2.05, 4.69) is 4.74 Å². The molecule has 0 aromatic carbocycles. The summed E-state index contributed by atoms with van der Waals surface area (Å²) in [5.41, 5.74) is 0. The first-order valence-corrected chi connectivity index (χ1v) is 3.29. The van der Waals surface area contributed by atoms with Crippen molar-refractivity contribution >= 4 is 5.97 Å². The lowest BCUT2D eigenvalue weighted by Crippen LogP contribution is -2.21. The van der Waals surface area contributed by atoms with Crippen molar-refractivity contribution < 1.29 is 14.6 Å². The summed E-state index contributed by atoms with van der Waals surface area (Å²) in [6, 6.07) is 0. The standard InChI is InChI=1S/C7H12O3/c1-10-6-4-2-3-5-7(8)9/h1H,2-6H2,(H,8,9)/p-1. The van der Waals surface area contributed by atoms with E-state index in [0.717, 1.165) is 12.8 Å². The van der Waals surface area contributed by atoms with Crippen LogP contribution in [0.25, 0.3) is 0 Å². The van der Waals surface area contributed by atoms with E-state index >= 15 is 0 Å². The van der Waals surface area contributed by atoms with Gasteiger partial charge in [-0.15, -0.1) is 0 Å². The Labute approximate surface area is 61.0 Å². The van der Waals surface area contributed by atoms with Gasteiger partial charge in [0.15, 0.2) is 0 Å². The molecule has 0 spiro atoms. The van der Waals surface area contributed by atoms with Gasteiger partial charge in [0.1, 0.15) is 7.11 Å². The molecule has 0 aromatic rings. The van der Waals surface area contributed by atoms with Gasteiger partial charge >= 0.3 is 0 Å². The summed E-state index contributed by atoms with van der Waals surface area (Å²) in [5.74, 6) is -0.992. The van der Waals surface area contributed by atoms with Crippen molar-refractivity contribution in [2.75, 3.05) is 6.61 Å². The average molecular weight is 143 g/mol. The monoisotopic (exact) mass is 143 g/mol. The van der Waals surface area contributed by atoms with Gasteiger partial charge in [-0.05, 0) is 19.3 Å². The molecule has 0 aliphatic heterocycles. The largest absolute Gasteiger partial charge is 0.550 e. The second kappa shape index (κ2) is 6.55. The van der Waals surface area contributed by atoms with Crippen molar-refractivity contribution in [2.24, 2.45) is 0 Å². The van der Waals surface area contributed by atoms with E-state index in [1.165, 1.54) is 0 Å². The van der Waals surface area contributed by atoms with Gasteiger partial charge in [-0.1, -0.05) is 6.42 Å². The van der Waals surface area contributed by atoms with Crippen molar-refractivity contribution in [1.82, 2.24) is 0 Å². The third kappa shape index (κ3) is 7.43. The number of carboxylic acids is 1. The van der Waals surface area contributed by atoms with E-state index in [1.54, 1.807) is 0 Å². The third-order valence-corrected chi connectivity index (χ3v) is 1.14. The van der Waals surface area contributed by atoms with E-state index < -0.39 is 5.97 Å². The Kier molecular flexibility index (Phi) is 6.18. The summed E-state index contributed by atoms with van der Waals surface area (Å²) in [4.78, 5) is 9.86. The van der Waals surface area contributed by atoms with Gasteiger partial charge in [0.05, 0.1) is 0 Å². The van der Waals surface area contributed by atoms with Gasteiger partial charge in [0, 0.05) is 12.6 Å². The summed E-state index contributed by atoms with van der Waals surface area (Å²) in [6.07, 6.45) is 2.41. The summed E-state index contributed by atoms with van der Waals surface area (Å²) in [7, 11) is 4.74. The lowest BCUT2D eigenvalue weighted by atomic mass is 10.2. The molecule has 0 aromatic heterocycles. The first-order valence-electron chi connectivity index (χ1n) is 3.29. The molecule has 3 heteroatoms. The molecule has 0 rings (SSSR count). The number of aliphatic carboxylic acids is 1. The van der Waals surface area contributed by atoms with Crippen molar-refractivity contribution in [3.63, 3.8) is 0 Å². The van der Waals surface area contributed by atoms with Gasteiger partial charge in [0.2, 0.25) is 0 Å². The lowest BCUT2D eigenvalue weighted by Gasteiger charge is -2.00. The van der Waals surface area contributed by atoms with Crippen molar-refractivity contribution in [1.29, 1.82) is 0 Å². The van der Waals surface area contributed by atoms with E-state index in [-0.39, 0.29) is 6.42 Å². The smallest absolute Gasteiger partial charge is 0.115 e. The zero-order valence-electron chi connectivity index (χ0n) is 5.84. The van der Waals surface area contributed by atoms with Crippen LogP contribution in [0.3, 0.4) is 0 Å². The highest BCUT2D eigenvalue weighted by Crippen LogP contribution is 1.98. The Morgan fingerprint density at radius 3 is 2.60 bits per heavy atom. The Morgan fingerprint density at radius 1 is 1.40 bits per heavy atom. The second-order valence-electron chi connectivity index (χ2n) is 2.05. The van der Waals surface area contributed by atoms with Crippen molar-refractivity contribution in [3.8, 4) is 0 Å². The Balaban J connectivity index is 2.84. The number of ether oxygens (including phenoxy) is 1. The van der Waals surface area contributed by atoms with Crippen LogP contribution in [-0.2, 0) is 9.53 Å². The van der Waals surface area contributed by atoms with Crippen molar-refractivity contribution in [3.05, 3.63) is 7.11 Å². The van der Waals surface area contributed by atoms with Crippen LogP contribution >= 0.6 is 0 Å². The third-order valence-electron chi connectivity index (χ3n) is 1.14. The van der Waals surface area contributed by atoms with Crippen LogP contribution < -0.4 is 5.11 Å². The van der Waals surface area contributed by atoms with Crippen LogP contribution in [-0.4, -0.2) is 12.6 Å². The van der Waals surface area contributed by atoms with Crippen LogP contribution in [0.15, 0.2) is 0 Å². The lowest BCUT2D eigenvalue weighted by molar-refractivity contribution is -0.305. The number of hydrogen-bond acceptors (Lipinski definition) is 3. The Hall–Kier alpha value is -0.570. The highest BCUT2D eigenvalue weighted by atomic mass is 16.5. The molecule has 0 atom stereocenters. The molecule has 0 saturated heterocycles. The van der Waals surface area contributed by atoms with E-state index in [1.807, 2.05) is 0 Å². The van der Waals surface area contributed by atoms with Gasteiger partial charge < -0.3 is 14.6 Å². The summed E-state index contributed by atoms with van der Waals surface area (Å²) in [5, 5.41) is 9.86. The Morgan fingerprint density at radius 2 is 2.10 bits per heavy atom. The molecule has 2 radical (unpaired) electrons. The SMILES string of the molecule is [CH]OCCCCCC(=O)[O-]. The molecule has 0 unspecified atom stereocenters. The normalized spacial score (nSPS) is 9.70. The summed E-state index contributed by atoms with van der Waals surface area (Å²) >= 11 is 0. The second-order valence-corrected chi connectivity index (χ2v) is 2.05. The minimum Gasteiger partial charge on any atom is -0.550 e. The number of carboxylic acid groups (broad SMARTS) is 1. The molecule has 0 aliphatic carbocycles. The van der Waals surface area contributed by atoms with Gasteiger partial charge in [0.25, 0.3) is 0 Å². The fourth-order valence-corrected chi connectivity index (χ4v) is 0.632. The van der Waals surface area contributed by atoms with Crippen molar-refractivity contribution in [2.45, 2.75) is 25.7 Å². The fraction of sp³-hybridized carbons (Fsp3) is 0.714. The Bertz CT molecular complexity index is 90.9. The van der Waals surface area contributed by atoms with E-state index in [4.69, 9.17) is 7.11 Å². The number of carbonyl (C=O) groups excluding carboxylic acids is 1. The first-order chi connectivity index (χ1) is 4.77. The highest BCUT2D eigenvalue weighted by Gasteiger charge is 1.88. The molecule has 0 N–H and O–H groups in total. The van der Waals surface area contributed by atoms with Gasteiger partial charge in [-0.3, -0.25) is 0 Å². The van der Waals surface area contributed by atoms with E-state index in [9.17, 15) is 9.90 Å². The zero-order chi connectivity index (χ0) is 7.82. The predicted molar refractivity (Wildman–Crippen MR) is 33.7 cm³/mol. The molecule has 0 bridgehead atoms. The van der Waals surface area contributed by atoms with E-state index in [0.29, 0.717) is 13.0 Å². The molecule has 10 heavy (non-hydrogen) atoms. The molecular formula is C7H11O3-. The number of rotatable bonds is 6. The van der Waals surface area contributed by atoms with Gasteiger partial charge in [-0.25, -0.2) is 0 Å². The van der Waals surface area contributed by atoms with Crippen LogP contribution in [0.5, 0.6) is 0 Å². The molecule has 0 saturated carbocycles. The maximum Gasteiger partial charge on any atom is 0.115 e. The summed E-state index contributed by atoms with van der Waals surface area (Å²) < 4.78 is 4.29. The fourth-order valence-electron chi connectivity index (χ4n) is 0.632. The molecule has 3 nitrogen and oxygen atoms in total. The van der Waals surface area contributed by atoms with Crippen LogP contribution in [0.1, 0.15) is 25.7 Å². The zero-order valence-corrected chi connectivity index (χ0v) is 5.84. The molecule has 58 valence electrons. The van der Waals surface area contributed by atoms with Crippen LogP contribution in [0, 0.1) is 7.11 Å². The minimum atomic E-state index is -0.992. The van der Waals surface area contributed by atoms with Crippen LogP contribution in [0.2, 0.25) is 0 Å². The summed E-state index contributed by atoms with van der Waals surface area (Å²) in [6.45, 7) is 0.493. The van der Waals surface area contributed by atoms with Crippen LogP contribution in [0.4, 0.5) is 0 Å². The highest BCUT2D eigenvalue weighted by molar-refractivity contribution is 5.63. The quantitative estimate of drug-likeness (QED) is 0.491. The molecule has 0 aliphatic rings. The topological polar surface area (TPSA) is 49.4 Å². The predicted octanol–water partition coefficient (Wildman–Crippen LogP) is -0.0181. The first kappa shape index (κ1) is 9.43. The molecule has 0 amide bonds. The molecule has 0 fully saturated rings.